The summed E-state index contributed by atoms with van der Waals surface area (Å²) in [6, 6.07) is 13.2. The highest BCUT2D eigenvalue weighted by Crippen LogP contribution is 2.26. The van der Waals surface area contributed by atoms with Gasteiger partial charge in [-0.1, -0.05) is 24.3 Å². The molecule has 8 nitrogen and oxygen atoms in total. The largest absolute Gasteiger partial charge is 0.497 e. The van der Waals surface area contributed by atoms with E-state index in [1.54, 1.807) is 25.3 Å². The molecule has 0 heterocycles. The zero-order valence-corrected chi connectivity index (χ0v) is 23.5. The van der Waals surface area contributed by atoms with E-state index in [4.69, 9.17) is 19.3 Å². The van der Waals surface area contributed by atoms with Gasteiger partial charge in [0.25, 0.3) is 0 Å². The molecule has 0 saturated carbocycles. The molecule has 0 radical (unpaired) electrons. The van der Waals surface area contributed by atoms with E-state index in [0.29, 0.717) is 24.5 Å². The summed E-state index contributed by atoms with van der Waals surface area (Å²) in [7, 11) is 1.65. The number of rotatable bonds is 16. The Morgan fingerprint density at radius 2 is 1.69 bits per heavy atom. The van der Waals surface area contributed by atoms with Crippen LogP contribution in [0.4, 0.5) is 5.69 Å². The number of methoxy groups -OCH3 is 1. The Morgan fingerprint density at radius 1 is 0.949 bits per heavy atom. The summed E-state index contributed by atoms with van der Waals surface area (Å²) >= 11 is 0. The molecule has 0 spiro atoms. The van der Waals surface area contributed by atoms with Gasteiger partial charge in [-0.25, -0.2) is 0 Å². The molecule has 0 atom stereocenters. The third kappa shape index (κ3) is 13.5. The van der Waals surface area contributed by atoms with Gasteiger partial charge < -0.3 is 24.6 Å². The van der Waals surface area contributed by atoms with Gasteiger partial charge >= 0.3 is 11.9 Å². The topological polar surface area (TPSA) is 111 Å². The van der Waals surface area contributed by atoms with Crippen molar-refractivity contribution in [1.82, 2.24) is 0 Å². The smallest absolute Gasteiger partial charge is 0.306 e. The number of amides is 1. The van der Waals surface area contributed by atoms with E-state index in [1.165, 1.54) is 0 Å². The second-order valence-corrected chi connectivity index (χ2v) is 10.2. The molecule has 0 unspecified atom stereocenters. The number of aliphatic carboxylic acids is 1. The number of esters is 1. The molecule has 39 heavy (non-hydrogen) atoms. The van der Waals surface area contributed by atoms with Crippen LogP contribution in [-0.2, 0) is 25.5 Å². The van der Waals surface area contributed by atoms with Gasteiger partial charge in [-0.3, -0.25) is 14.4 Å². The fraction of sp³-hybridized carbons (Fsp3) is 0.452. The van der Waals surface area contributed by atoms with E-state index in [0.717, 1.165) is 36.1 Å². The zero-order chi connectivity index (χ0) is 28.7. The van der Waals surface area contributed by atoms with Gasteiger partial charge in [0, 0.05) is 24.9 Å². The van der Waals surface area contributed by atoms with Crippen molar-refractivity contribution in [3.8, 4) is 11.5 Å². The lowest BCUT2D eigenvalue weighted by Crippen LogP contribution is -2.24. The standard InChI is InChI=1S/C31H41NO7/c1-31(2,3)39-30(36)20-15-24-22-25(32-28(33)11-9-12-29(34)35)16-19-27(24)38-21-8-6-5-7-10-23-13-17-26(37-4)18-14-23/h7,10,13-14,16-19,22H,5-6,8-9,11-12,15,20-21H2,1-4H3,(H,32,33)(H,34,35)/b10-7+. The number of unbranched alkanes of at least 4 members (excludes halogenated alkanes) is 2. The predicted molar refractivity (Wildman–Crippen MR) is 152 cm³/mol. The predicted octanol–water partition coefficient (Wildman–Crippen LogP) is 6.43. The minimum absolute atomic E-state index is 0.0569. The quantitative estimate of drug-likeness (QED) is 0.187. The lowest BCUT2D eigenvalue weighted by molar-refractivity contribution is -0.154. The fourth-order valence-electron chi connectivity index (χ4n) is 3.73. The molecule has 0 aliphatic heterocycles. The number of carbonyl (C=O) groups excluding carboxylic acids is 2. The molecule has 0 aromatic heterocycles. The molecule has 2 aromatic carbocycles. The first-order valence-electron chi connectivity index (χ1n) is 13.4. The molecular formula is C31H41NO7. The van der Waals surface area contributed by atoms with E-state index in [2.05, 4.69) is 17.5 Å². The molecule has 1 amide bonds. The molecule has 0 bridgehead atoms. The molecular weight excluding hydrogens is 498 g/mol. The molecule has 0 aliphatic rings. The number of carboxylic acids is 1. The van der Waals surface area contributed by atoms with E-state index >= 15 is 0 Å². The normalized spacial score (nSPS) is 11.3. The number of hydrogen-bond acceptors (Lipinski definition) is 6. The second kappa shape index (κ2) is 16.2. The average Bonchev–Trinajstić information content (AvgIpc) is 2.87. The number of allylic oxidation sites excluding steroid dienone is 1. The Morgan fingerprint density at radius 3 is 2.36 bits per heavy atom. The van der Waals surface area contributed by atoms with Crippen molar-refractivity contribution in [2.45, 2.75) is 77.7 Å². The maximum Gasteiger partial charge on any atom is 0.306 e. The van der Waals surface area contributed by atoms with Gasteiger partial charge in [-0.2, -0.15) is 0 Å². The van der Waals surface area contributed by atoms with Gasteiger partial charge in [-0.05, 0) is 94.3 Å². The van der Waals surface area contributed by atoms with Crippen LogP contribution in [0.25, 0.3) is 6.08 Å². The molecule has 0 saturated heterocycles. The lowest BCUT2D eigenvalue weighted by Gasteiger charge is -2.20. The second-order valence-electron chi connectivity index (χ2n) is 10.2. The summed E-state index contributed by atoms with van der Waals surface area (Å²) in [6.45, 7) is 6.00. The number of nitrogens with one attached hydrogen (secondary N) is 1. The maximum absolute atomic E-state index is 12.3. The van der Waals surface area contributed by atoms with Crippen LogP contribution >= 0.6 is 0 Å². The number of anilines is 1. The first-order chi connectivity index (χ1) is 18.6. The Labute approximate surface area is 231 Å². The highest BCUT2D eigenvalue weighted by atomic mass is 16.6. The summed E-state index contributed by atoms with van der Waals surface area (Å²) in [5.41, 5.74) is 1.93. The molecule has 8 heteroatoms. The summed E-state index contributed by atoms with van der Waals surface area (Å²) in [6.07, 6.45) is 7.88. The number of carbonyl (C=O) groups is 3. The molecule has 2 aromatic rings. The summed E-state index contributed by atoms with van der Waals surface area (Å²) in [5, 5.41) is 11.6. The molecule has 212 valence electrons. The third-order valence-electron chi connectivity index (χ3n) is 5.61. The SMILES string of the molecule is COc1ccc(/C=C/CCCCOc2ccc(NC(=O)CCCC(=O)O)cc2CCC(=O)OC(C)(C)C)cc1. The van der Waals surface area contributed by atoms with Crippen molar-refractivity contribution in [2.75, 3.05) is 19.0 Å². The highest BCUT2D eigenvalue weighted by molar-refractivity contribution is 5.91. The Bertz CT molecular complexity index is 1100. The van der Waals surface area contributed by atoms with Crippen molar-refractivity contribution in [3.05, 3.63) is 59.7 Å². The fourth-order valence-corrected chi connectivity index (χ4v) is 3.73. The molecule has 2 rings (SSSR count). The third-order valence-corrected chi connectivity index (χ3v) is 5.61. The van der Waals surface area contributed by atoms with Crippen molar-refractivity contribution in [3.63, 3.8) is 0 Å². The molecule has 2 N–H and O–H groups in total. The van der Waals surface area contributed by atoms with Crippen LogP contribution in [0, 0.1) is 0 Å². The summed E-state index contributed by atoms with van der Waals surface area (Å²) in [5.74, 6) is 0.00466. The van der Waals surface area contributed by atoms with Crippen LogP contribution < -0.4 is 14.8 Å². The first kappa shape index (κ1) is 31.4. The zero-order valence-electron chi connectivity index (χ0n) is 23.5. The maximum atomic E-state index is 12.3. The number of ether oxygens (including phenoxy) is 3. The summed E-state index contributed by atoms with van der Waals surface area (Å²) in [4.78, 5) is 35.2. The molecule has 0 aliphatic carbocycles. The van der Waals surface area contributed by atoms with Crippen LogP contribution in [0.3, 0.4) is 0 Å². The monoisotopic (exact) mass is 539 g/mol. The van der Waals surface area contributed by atoms with E-state index in [-0.39, 0.29) is 37.6 Å². The Hall–Kier alpha value is -3.81. The minimum atomic E-state index is -0.929. The van der Waals surface area contributed by atoms with Crippen molar-refractivity contribution < 1.29 is 33.7 Å². The number of hydrogen-bond donors (Lipinski definition) is 2. The molecule has 0 fully saturated rings. The number of benzene rings is 2. The first-order valence-corrected chi connectivity index (χ1v) is 13.4. The van der Waals surface area contributed by atoms with Crippen molar-refractivity contribution >= 4 is 29.6 Å². The Kier molecular flexibility index (Phi) is 13.1. The van der Waals surface area contributed by atoms with Crippen molar-refractivity contribution in [1.29, 1.82) is 0 Å². The van der Waals surface area contributed by atoms with E-state index in [1.807, 2.05) is 45.0 Å². The van der Waals surface area contributed by atoms with Gasteiger partial charge in [0.1, 0.15) is 17.1 Å². The van der Waals surface area contributed by atoms with Crippen LogP contribution in [-0.4, -0.2) is 42.3 Å². The highest BCUT2D eigenvalue weighted by Gasteiger charge is 2.17. The van der Waals surface area contributed by atoms with Crippen LogP contribution in [0.1, 0.15) is 76.8 Å². The van der Waals surface area contributed by atoms with Gasteiger partial charge in [0.2, 0.25) is 5.91 Å². The lowest BCUT2D eigenvalue weighted by atomic mass is 10.1. The van der Waals surface area contributed by atoms with Crippen LogP contribution in [0.5, 0.6) is 11.5 Å². The van der Waals surface area contributed by atoms with Crippen LogP contribution in [0.2, 0.25) is 0 Å². The Balaban J connectivity index is 1.91. The minimum Gasteiger partial charge on any atom is -0.497 e. The number of aryl methyl sites for hydroxylation is 1. The summed E-state index contributed by atoms with van der Waals surface area (Å²) < 4.78 is 16.6. The number of carboxylic acid groups (broad SMARTS) is 1. The van der Waals surface area contributed by atoms with Gasteiger partial charge in [0.15, 0.2) is 0 Å². The van der Waals surface area contributed by atoms with Gasteiger partial charge in [0.05, 0.1) is 13.7 Å². The van der Waals surface area contributed by atoms with Gasteiger partial charge in [-0.15, -0.1) is 0 Å². The van der Waals surface area contributed by atoms with Crippen molar-refractivity contribution in [2.24, 2.45) is 0 Å². The average molecular weight is 540 g/mol. The van der Waals surface area contributed by atoms with E-state index in [9.17, 15) is 14.4 Å². The van der Waals surface area contributed by atoms with E-state index < -0.39 is 11.6 Å². The van der Waals surface area contributed by atoms with Crippen LogP contribution in [0.15, 0.2) is 48.5 Å².